The predicted molar refractivity (Wildman–Crippen MR) is 92.2 cm³/mol. The third-order valence-corrected chi connectivity index (χ3v) is 4.98. The average molecular weight is 338 g/mol. The van der Waals surface area contributed by atoms with E-state index in [1.54, 1.807) is 6.07 Å². The summed E-state index contributed by atoms with van der Waals surface area (Å²) in [5, 5.41) is 3.60. The van der Waals surface area contributed by atoms with Gasteiger partial charge in [-0.25, -0.2) is 4.79 Å². The Morgan fingerprint density at radius 2 is 2.13 bits per heavy atom. The molecule has 0 bridgehead atoms. The largest absolute Gasteiger partial charge is 0.377 e. The Morgan fingerprint density at radius 1 is 1.35 bits per heavy atom. The van der Waals surface area contributed by atoms with E-state index in [4.69, 9.17) is 16.3 Å². The highest BCUT2D eigenvalue weighted by Gasteiger charge is 2.24. The summed E-state index contributed by atoms with van der Waals surface area (Å²) in [5.74, 6) is 0. The van der Waals surface area contributed by atoms with Crippen molar-refractivity contribution in [3.63, 3.8) is 0 Å². The molecular formula is C17H24ClN3O2. The summed E-state index contributed by atoms with van der Waals surface area (Å²) in [6.45, 7) is 7.14. The highest BCUT2D eigenvalue weighted by Crippen LogP contribution is 2.20. The molecule has 1 atom stereocenters. The summed E-state index contributed by atoms with van der Waals surface area (Å²) in [4.78, 5) is 16.6. The molecule has 5 nitrogen and oxygen atoms in total. The number of aryl methyl sites for hydroxylation is 1. The SMILES string of the molecule is Cc1ccc(NC(=O)N2CCN(C[C@H]3CCCO3)CC2)cc1Cl. The fourth-order valence-corrected chi connectivity index (χ4v) is 3.26. The van der Waals surface area contributed by atoms with E-state index in [1.165, 1.54) is 6.42 Å². The molecule has 2 heterocycles. The molecule has 0 unspecified atom stereocenters. The van der Waals surface area contributed by atoms with E-state index >= 15 is 0 Å². The third kappa shape index (κ3) is 4.37. The average Bonchev–Trinajstić information content (AvgIpc) is 3.04. The maximum absolute atomic E-state index is 12.3. The van der Waals surface area contributed by atoms with E-state index in [2.05, 4.69) is 10.2 Å². The number of nitrogens with one attached hydrogen (secondary N) is 1. The molecular weight excluding hydrogens is 314 g/mol. The van der Waals surface area contributed by atoms with Crippen LogP contribution in [-0.2, 0) is 4.74 Å². The van der Waals surface area contributed by atoms with E-state index in [1.807, 2.05) is 24.0 Å². The molecule has 0 radical (unpaired) electrons. The minimum Gasteiger partial charge on any atom is -0.377 e. The van der Waals surface area contributed by atoms with Gasteiger partial charge in [-0.15, -0.1) is 0 Å². The highest BCUT2D eigenvalue weighted by atomic mass is 35.5. The van der Waals surface area contributed by atoms with Gasteiger partial charge in [0, 0.05) is 50.0 Å². The standard InChI is InChI=1S/C17H24ClN3O2/c1-13-4-5-14(11-16(13)18)19-17(22)21-8-6-20(7-9-21)12-15-3-2-10-23-15/h4-5,11,15H,2-3,6-10,12H2,1H3,(H,19,22)/t15-/m1/s1. The van der Waals surface area contributed by atoms with Crippen molar-refractivity contribution in [3.8, 4) is 0 Å². The second-order valence-corrected chi connectivity index (χ2v) is 6.72. The van der Waals surface area contributed by atoms with Crippen molar-refractivity contribution in [2.45, 2.75) is 25.9 Å². The number of amides is 2. The fourth-order valence-electron chi connectivity index (χ4n) is 3.08. The van der Waals surface area contributed by atoms with Gasteiger partial charge in [0.2, 0.25) is 0 Å². The smallest absolute Gasteiger partial charge is 0.321 e. The number of halogens is 1. The first kappa shape index (κ1) is 16.6. The zero-order valence-corrected chi connectivity index (χ0v) is 14.3. The molecule has 0 saturated carbocycles. The van der Waals surface area contributed by atoms with Gasteiger partial charge in [0.05, 0.1) is 6.10 Å². The van der Waals surface area contributed by atoms with Crippen molar-refractivity contribution in [3.05, 3.63) is 28.8 Å². The topological polar surface area (TPSA) is 44.8 Å². The number of ether oxygens (including phenoxy) is 1. The van der Waals surface area contributed by atoms with Gasteiger partial charge in [0.15, 0.2) is 0 Å². The Balaban J connectivity index is 1.46. The maximum atomic E-state index is 12.3. The van der Waals surface area contributed by atoms with Gasteiger partial charge in [-0.1, -0.05) is 17.7 Å². The number of piperazine rings is 1. The van der Waals surface area contributed by atoms with Crippen LogP contribution in [0.25, 0.3) is 0 Å². The number of benzene rings is 1. The van der Waals surface area contributed by atoms with Crippen molar-refractivity contribution in [1.29, 1.82) is 0 Å². The molecule has 0 spiro atoms. The fraction of sp³-hybridized carbons (Fsp3) is 0.588. The predicted octanol–water partition coefficient (Wildman–Crippen LogP) is 2.98. The number of hydrogen-bond donors (Lipinski definition) is 1. The summed E-state index contributed by atoms with van der Waals surface area (Å²) in [5.41, 5.74) is 1.75. The van der Waals surface area contributed by atoms with E-state index in [-0.39, 0.29) is 6.03 Å². The van der Waals surface area contributed by atoms with Crippen LogP contribution in [-0.4, -0.2) is 61.3 Å². The first-order chi connectivity index (χ1) is 11.1. The van der Waals surface area contributed by atoms with Gasteiger partial charge in [-0.3, -0.25) is 4.90 Å². The number of urea groups is 1. The third-order valence-electron chi connectivity index (χ3n) is 4.57. The molecule has 0 aromatic heterocycles. The van der Waals surface area contributed by atoms with Crippen molar-refractivity contribution in [2.24, 2.45) is 0 Å². The quantitative estimate of drug-likeness (QED) is 0.922. The number of hydrogen-bond acceptors (Lipinski definition) is 3. The van der Waals surface area contributed by atoms with Gasteiger partial charge in [0.1, 0.15) is 0 Å². The van der Waals surface area contributed by atoms with Crippen LogP contribution in [0, 0.1) is 6.92 Å². The molecule has 2 saturated heterocycles. The summed E-state index contributed by atoms with van der Waals surface area (Å²) in [6, 6.07) is 5.54. The van der Waals surface area contributed by atoms with Crippen LogP contribution < -0.4 is 5.32 Å². The molecule has 6 heteroatoms. The molecule has 0 aliphatic carbocycles. The summed E-state index contributed by atoms with van der Waals surface area (Å²) in [7, 11) is 0. The van der Waals surface area contributed by atoms with Crippen molar-refractivity contribution < 1.29 is 9.53 Å². The lowest BCUT2D eigenvalue weighted by Gasteiger charge is -2.35. The van der Waals surface area contributed by atoms with E-state index in [9.17, 15) is 4.79 Å². The van der Waals surface area contributed by atoms with Crippen molar-refractivity contribution in [1.82, 2.24) is 9.80 Å². The van der Waals surface area contributed by atoms with Gasteiger partial charge in [-0.05, 0) is 37.5 Å². The minimum atomic E-state index is -0.0540. The van der Waals surface area contributed by atoms with Gasteiger partial charge in [-0.2, -0.15) is 0 Å². The Kier molecular flexibility index (Phi) is 5.41. The Labute approximate surface area is 142 Å². The lowest BCUT2D eigenvalue weighted by atomic mass is 10.2. The molecule has 2 aliphatic rings. The molecule has 3 rings (SSSR count). The van der Waals surface area contributed by atoms with Crippen LogP contribution in [0.15, 0.2) is 18.2 Å². The van der Waals surface area contributed by atoms with Crippen molar-refractivity contribution >= 4 is 23.3 Å². The second-order valence-electron chi connectivity index (χ2n) is 6.32. The van der Waals surface area contributed by atoms with Crippen LogP contribution >= 0.6 is 11.6 Å². The van der Waals surface area contributed by atoms with E-state index < -0.39 is 0 Å². The second kappa shape index (κ2) is 7.51. The Bertz CT molecular complexity index is 553. The van der Waals surface area contributed by atoms with E-state index in [0.717, 1.165) is 57.0 Å². The molecule has 126 valence electrons. The van der Waals surface area contributed by atoms with Gasteiger partial charge in [0.25, 0.3) is 0 Å². The highest BCUT2D eigenvalue weighted by molar-refractivity contribution is 6.31. The minimum absolute atomic E-state index is 0.0540. The molecule has 23 heavy (non-hydrogen) atoms. The summed E-state index contributed by atoms with van der Waals surface area (Å²) < 4.78 is 5.68. The van der Waals surface area contributed by atoms with Gasteiger partial charge < -0.3 is 15.0 Å². The van der Waals surface area contributed by atoms with Crippen LogP contribution in [0.3, 0.4) is 0 Å². The monoisotopic (exact) mass is 337 g/mol. The number of carbonyl (C=O) groups excluding carboxylic acids is 1. The number of carbonyl (C=O) groups is 1. The lowest BCUT2D eigenvalue weighted by molar-refractivity contribution is 0.0572. The molecule has 2 amide bonds. The summed E-state index contributed by atoms with van der Waals surface area (Å²) in [6.07, 6.45) is 2.71. The number of rotatable bonds is 3. The zero-order valence-electron chi connectivity index (χ0n) is 13.6. The van der Waals surface area contributed by atoms with E-state index in [0.29, 0.717) is 11.1 Å². The maximum Gasteiger partial charge on any atom is 0.321 e. The molecule has 1 aromatic rings. The Morgan fingerprint density at radius 3 is 2.78 bits per heavy atom. The number of anilines is 1. The Hall–Kier alpha value is -1.30. The van der Waals surface area contributed by atoms with Crippen molar-refractivity contribution in [2.75, 3.05) is 44.6 Å². The number of nitrogens with zero attached hydrogens (tertiary/aromatic N) is 2. The van der Waals surface area contributed by atoms with Crippen LogP contribution in [0.2, 0.25) is 5.02 Å². The zero-order chi connectivity index (χ0) is 16.2. The molecule has 2 fully saturated rings. The molecule has 2 aliphatic heterocycles. The molecule has 1 aromatic carbocycles. The lowest BCUT2D eigenvalue weighted by Crippen LogP contribution is -2.51. The van der Waals surface area contributed by atoms with Gasteiger partial charge >= 0.3 is 6.03 Å². The first-order valence-electron chi connectivity index (χ1n) is 8.28. The van der Waals surface area contributed by atoms with Crippen LogP contribution in [0.5, 0.6) is 0 Å². The first-order valence-corrected chi connectivity index (χ1v) is 8.65. The normalized spacial score (nSPS) is 22.3. The van der Waals surface area contributed by atoms with Crippen LogP contribution in [0.1, 0.15) is 18.4 Å². The summed E-state index contributed by atoms with van der Waals surface area (Å²) >= 11 is 6.10. The molecule has 1 N–H and O–H groups in total. The van der Waals surface area contributed by atoms with Crippen LogP contribution in [0.4, 0.5) is 10.5 Å².